The minimum absolute atomic E-state index is 0.134. The molecule has 2 rings (SSSR count). The van der Waals surface area contributed by atoms with Crippen LogP contribution in [0.4, 0.5) is 4.39 Å². The Labute approximate surface area is 105 Å². The van der Waals surface area contributed by atoms with Crippen LogP contribution >= 0.6 is 11.6 Å². The van der Waals surface area contributed by atoms with Gasteiger partial charge >= 0.3 is 0 Å². The van der Waals surface area contributed by atoms with Crippen LogP contribution in [0.5, 0.6) is 0 Å². The Hall–Kier alpha value is -0.640. The molecule has 1 aromatic carbocycles. The summed E-state index contributed by atoms with van der Waals surface area (Å²) in [6.45, 7) is 0.398. The predicted molar refractivity (Wildman–Crippen MR) is 64.5 cm³/mol. The van der Waals surface area contributed by atoms with Gasteiger partial charge in [0.05, 0.1) is 23.8 Å². The van der Waals surface area contributed by atoms with E-state index in [1.54, 1.807) is 12.1 Å². The molecule has 1 N–H and O–H groups in total. The van der Waals surface area contributed by atoms with Crippen molar-refractivity contribution in [1.29, 1.82) is 0 Å². The Morgan fingerprint density at radius 1 is 1.29 bits per heavy atom. The third-order valence-electron chi connectivity index (χ3n) is 3.11. The lowest BCUT2D eigenvalue weighted by Gasteiger charge is -2.25. The van der Waals surface area contributed by atoms with Crippen molar-refractivity contribution < 1.29 is 14.2 Å². The quantitative estimate of drug-likeness (QED) is 0.901. The minimum atomic E-state index is -0.410. The Morgan fingerprint density at radius 2 is 2.00 bits per heavy atom. The van der Waals surface area contributed by atoms with E-state index in [2.05, 4.69) is 0 Å². The maximum absolute atomic E-state index is 13.2. The molecule has 0 heterocycles. The average molecular weight is 259 g/mol. The van der Waals surface area contributed by atoms with Crippen molar-refractivity contribution in [3.63, 3.8) is 0 Å². The molecule has 17 heavy (non-hydrogen) atoms. The van der Waals surface area contributed by atoms with Crippen LogP contribution in [0.1, 0.15) is 31.2 Å². The van der Waals surface area contributed by atoms with E-state index < -0.39 is 5.82 Å². The zero-order valence-corrected chi connectivity index (χ0v) is 10.3. The van der Waals surface area contributed by atoms with Crippen molar-refractivity contribution in [3.8, 4) is 0 Å². The number of ether oxygens (including phenoxy) is 1. The van der Waals surface area contributed by atoms with Gasteiger partial charge in [0.2, 0.25) is 0 Å². The average Bonchev–Trinajstić information content (AvgIpc) is 2.33. The van der Waals surface area contributed by atoms with Gasteiger partial charge < -0.3 is 9.84 Å². The van der Waals surface area contributed by atoms with Gasteiger partial charge in [0.15, 0.2) is 0 Å². The van der Waals surface area contributed by atoms with E-state index in [1.165, 1.54) is 6.07 Å². The summed E-state index contributed by atoms with van der Waals surface area (Å²) in [5.74, 6) is -0.410. The van der Waals surface area contributed by atoms with Crippen LogP contribution in [0.2, 0.25) is 5.02 Å². The highest BCUT2D eigenvalue weighted by atomic mass is 35.5. The van der Waals surface area contributed by atoms with Crippen molar-refractivity contribution in [2.24, 2.45) is 0 Å². The molecule has 0 amide bonds. The highest BCUT2D eigenvalue weighted by molar-refractivity contribution is 6.30. The number of halogens is 2. The molecule has 94 valence electrons. The van der Waals surface area contributed by atoms with Gasteiger partial charge in [-0.2, -0.15) is 0 Å². The number of aliphatic hydroxyl groups is 1. The molecule has 0 unspecified atom stereocenters. The third kappa shape index (κ3) is 3.66. The largest absolute Gasteiger partial charge is 0.393 e. The summed E-state index contributed by atoms with van der Waals surface area (Å²) in [7, 11) is 0. The topological polar surface area (TPSA) is 29.5 Å². The van der Waals surface area contributed by atoms with Gasteiger partial charge in [-0.15, -0.1) is 0 Å². The third-order valence-corrected chi connectivity index (χ3v) is 3.42. The summed E-state index contributed by atoms with van der Waals surface area (Å²) >= 11 is 5.60. The second-order valence-electron chi connectivity index (χ2n) is 4.49. The summed E-state index contributed by atoms with van der Waals surface area (Å²) in [5, 5.41) is 9.49. The van der Waals surface area contributed by atoms with E-state index in [4.69, 9.17) is 16.3 Å². The van der Waals surface area contributed by atoms with Gasteiger partial charge in [0.1, 0.15) is 5.82 Å². The summed E-state index contributed by atoms with van der Waals surface area (Å²) in [6, 6.07) is 4.71. The molecule has 2 nitrogen and oxygen atoms in total. The molecule has 1 fully saturated rings. The van der Waals surface area contributed by atoms with Crippen molar-refractivity contribution in [2.45, 2.75) is 44.5 Å². The van der Waals surface area contributed by atoms with E-state index >= 15 is 0 Å². The molecule has 0 aliphatic heterocycles. The highest BCUT2D eigenvalue weighted by Gasteiger charge is 2.19. The zero-order chi connectivity index (χ0) is 12.3. The summed E-state index contributed by atoms with van der Waals surface area (Å²) in [6.07, 6.45) is 3.33. The molecule has 4 heteroatoms. The molecule has 1 aromatic rings. The Kier molecular flexibility index (Phi) is 4.37. The first-order chi connectivity index (χ1) is 8.15. The Bertz CT molecular complexity index is 376. The van der Waals surface area contributed by atoms with Gasteiger partial charge in [-0.3, -0.25) is 0 Å². The van der Waals surface area contributed by atoms with E-state index in [0.29, 0.717) is 6.61 Å². The maximum atomic E-state index is 13.2. The van der Waals surface area contributed by atoms with E-state index in [0.717, 1.165) is 31.2 Å². The normalized spacial score (nSPS) is 24.9. The van der Waals surface area contributed by atoms with Crippen molar-refractivity contribution in [2.75, 3.05) is 0 Å². The second-order valence-corrected chi connectivity index (χ2v) is 4.90. The molecule has 0 aromatic heterocycles. The molecule has 0 bridgehead atoms. The smallest absolute Gasteiger partial charge is 0.142 e. The lowest BCUT2D eigenvalue weighted by Crippen LogP contribution is -2.24. The molecule has 1 saturated carbocycles. The number of hydrogen-bond donors (Lipinski definition) is 1. The fraction of sp³-hybridized carbons (Fsp3) is 0.538. The first-order valence-corrected chi connectivity index (χ1v) is 6.26. The van der Waals surface area contributed by atoms with Crippen LogP contribution in [-0.4, -0.2) is 17.3 Å². The number of rotatable bonds is 3. The lowest BCUT2D eigenvalue weighted by molar-refractivity contribution is -0.0119. The Morgan fingerprint density at radius 3 is 2.65 bits per heavy atom. The Balaban J connectivity index is 1.83. The SMILES string of the molecule is OC1CCC(OCc2ccc(Cl)c(F)c2)CC1. The monoisotopic (exact) mass is 258 g/mol. The van der Waals surface area contributed by atoms with Gasteiger partial charge in [-0.25, -0.2) is 4.39 Å². The lowest BCUT2D eigenvalue weighted by atomic mass is 9.95. The van der Waals surface area contributed by atoms with E-state index in [9.17, 15) is 9.50 Å². The first kappa shape index (κ1) is 12.8. The fourth-order valence-corrected chi connectivity index (χ4v) is 2.17. The van der Waals surface area contributed by atoms with Crippen LogP contribution in [0, 0.1) is 5.82 Å². The van der Waals surface area contributed by atoms with Crippen LogP contribution in [0.3, 0.4) is 0 Å². The molecule has 0 saturated heterocycles. The summed E-state index contributed by atoms with van der Waals surface area (Å²) < 4.78 is 18.9. The maximum Gasteiger partial charge on any atom is 0.142 e. The van der Waals surface area contributed by atoms with Crippen LogP contribution < -0.4 is 0 Å². The minimum Gasteiger partial charge on any atom is -0.393 e. The van der Waals surface area contributed by atoms with E-state index in [1.807, 2.05) is 0 Å². The van der Waals surface area contributed by atoms with Crippen molar-refractivity contribution in [3.05, 3.63) is 34.6 Å². The van der Waals surface area contributed by atoms with Gasteiger partial charge in [-0.05, 0) is 43.4 Å². The molecular weight excluding hydrogens is 243 g/mol. The first-order valence-electron chi connectivity index (χ1n) is 5.89. The standard InChI is InChI=1S/C13H16ClFO2/c14-12-6-1-9(7-13(12)15)8-17-11-4-2-10(16)3-5-11/h1,6-7,10-11,16H,2-5,8H2. The van der Waals surface area contributed by atoms with Gasteiger partial charge in [-0.1, -0.05) is 17.7 Å². The van der Waals surface area contributed by atoms with Crippen LogP contribution in [-0.2, 0) is 11.3 Å². The van der Waals surface area contributed by atoms with Crippen molar-refractivity contribution >= 4 is 11.6 Å². The van der Waals surface area contributed by atoms with Crippen LogP contribution in [0.25, 0.3) is 0 Å². The van der Waals surface area contributed by atoms with Crippen molar-refractivity contribution in [1.82, 2.24) is 0 Å². The summed E-state index contributed by atoms with van der Waals surface area (Å²) in [5.41, 5.74) is 0.790. The number of benzene rings is 1. The predicted octanol–water partition coefficient (Wildman–Crippen LogP) is 3.30. The molecule has 0 spiro atoms. The van der Waals surface area contributed by atoms with Gasteiger partial charge in [0.25, 0.3) is 0 Å². The number of aliphatic hydroxyl groups excluding tert-OH is 1. The fourth-order valence-electron chi connectivity index (χ4n) is 2.06. The van der Waals surface area contributed by atoms with Crippen LogP contribution in [0.15, 0.2) is 18.2 Å². The molecule has 1 aliphatic carbocycles. The van der Waals surface area contributed by atoms with Gasteiger partial charge in [0, 0.05) is 0 Å². The second kappa shape index (κ2) is 5.80. The van der Waals surface area contributed by atoms with E-state index in [-0.39, 0.29) is 17.2 Å². The molecular formula is C13H16ClFO2. The zero-order valence-electron chi connectivity index (χ0n) is 9.53. The number of hydrogen-bond acceptors (Lipinski definition) is 2. The molecule has 0 atom stereocenters. The summed E-state index contributed by atoms with van der Waals surface area (Å²) in [4.78, 5) is 0. The molecule has 1 aliphatic rings. The highest BCUT2D eigenvalue weighted by Crippen LogP contribution is 2.23. The molecule has 0 radical (unpaired) electrons.